The van der Waals surface area contributed by atoms with Crippen molar-refractivity contribution in [3.63, 3.8) is 0 Å². The number of sulfonamides is 1. The molecule has 3 heterocycles. The summed E-state index contributed by atoms with van der Waals surface area (Å²) in [4.78, 5) is 15.7. The Morgan fingerprint density at radius 2 is 2.03 bits per heavy atom. The Bertz CT molecular complexity index is 1510. The van der Waals surface area contributed by atoms with Crippen LogP contribution in [0.3, 0.4) is 0 Å². The van der Waals surface area contributed by atoms with E-state index in [1.807, 2.05) is 13.8 Å². The second-order valence-electron chi connectivity index (χ2n) is 9.83. The van der Waals surface area contributed by atoms with Crippen LogP contribution in [0.15, 0.2) is 41.4 Å². The van der Waals surface area contributed by atoms with E-state index in [4.69, 9.17) is 21.4 Å². The number of aliphatic carboxylic acids is 1. The number of ether oxygens (including phenoxy) is 1. The summed E-state index contributed by atoms with van der Waals surface area (Å²) in [6.07, 6.45) is 3.58. The Morgan fingerprint density at radius 3 is 2.61 bits per heavy atom. The molecule has 200 valence electrons. The molecule has 0 amide bonds. The predicted molar refractivity (Wildman–Crippen MR) is 139 cm³/mol. The Hall–Kier alpha value is -3.20. The lowest BCUT2D eigenvalue weighted by Crippen LogP contribution is -2.48. The smallest absolute Gasteiger partial charge is 0.309 e. The topological polar surface area (TPSA) is 138 Å². The fourth-order valence-corrected chi connectivity index (χ4v) is 7.73. The molecule has 0 spiro atoms. The molecule has 2 aliphatic rings. The van der Waals surface area contributed by atoms with Crippen LogP contribution in [0.2, 0.25) is 5.02 Å². The molecule has 2 aromatic heterocycles. The first-order valence-corrected chi connectivity index (χ1v) is 14.4. The van der Waals surface area contributed by atoms with Crippen LogP contribution in [0.25, 0.3) is 10.9 Å². The lowest BCUT2D eigenvalue weighted by atomic mass is 9.76. The van der Waals surface area contributed by atoms with Gasteiger partial charge in [-0.25, -0.2) is 13.4 Å². The first-order valence-electron chi connectivity index (χ1n) is 12.6. The summed E-state index contributed by atoms with van der Waals surface area (Å²) in [5.41, 5.74) is 0.989. The number of aromatic nitrogens is 3. The van der Waals surface area contributed by atoms with Gasteiger partial charge >= 0.3 is 5.97 Å². The number of carboxylic acid groups (broad SMARTS) is 1. The first-order chi connectivity index (χ1) is 18.2. The van der Waals surface area contributed by atoms with Gasteiger partial charge in [0.15, 0.2) is 0 Å². The summed E-state index contributed by atoms with van der Waals surface area (Å²) in [7, 11) is -4.12. The van der Waals surface area contributed by atoms with Gasteiger partial charge in [0.1, 0.15) is 10.9 Å². The third-order valence-electron chi connectivity index (χ3n) is 7.64. The van der Waals surface area contributed by atoms with Crippen LogP contribution in [-0.2, 0) is 21.2 Å². The van der Waals surface area contributed by atoms with Crippen molar-refractivity contribution in [2.45, 2.75) is 62.6 Å². The highest BCUT2D eigenvalue weighted by atomic mass is 35.5. The monoisotopic (exact) mass is 557 g/mol. The lowest BCUT2D eigenvalue weighted by Gasteiger charge is -2.39. The van der Waals surface area contributed by atoms with Crippen molar-refractivity contribution in [3.8, 4) is 11.9 Å². The fraction of sp³-hybridized carbons (Fsp3) is 0.462. The summed E-state index contributed by atoms with van der Waals surface area (Å²) < 4.78 is 36.6. The van der Waals surface area contributed by atoms with Crippen molar-refractivity contribution >= 4 is 38.5 Å². The average Bonchev–Trinajstić information content (AvgIpc) is 3.32. The van der Waals surface area contributed by atoms with E-state index in [1.54, 1.807) is 22.9 Å². The quantitative estimate of drug-likeness (QED) is 0.437. The van der Waals surface area contributed by atoms with Gasteiger partial charge < -0.3 is 9.84 Å². The third-order valence-corrected chi connectivity index (χ3v) is 9.74. The van der Waals surface area contributed by atoms with Gasteiger partial charge in [-0.1, -0.05) is 24.9 Å². The molecule has 3 aromatic rings. The number of hydrogen-bond donors (Lipinski definition) is 1. The molecule has 5 rings (SSSR count). The predicted octanol–water partition coefficient (Wildman–Crippen LogP) is 4.05. The van der Waals surface area contributed by atoms with Gasteiger partial charge in [0.05, 0.1) is 48.6 Å². The van der Waals surface area contributed by atoms with E-state index < -0.39 is 40.0 Å². The molecule has 4 atom stereocenters. The van der Waals surface area contributed by atoms with Crippen molar-refractivity contribution in [2.24, 2.45) is 11.8 Å². The van der Waals surface area contributed by atoms with E-state index in [2.05, 4.69) is 11.1 Å². The normalized spacial score (nSPS) is 24.3. The van der Waals surface area contributed by atoms with Crippen LogP contribution in [0.5, 0.6) is 5.88 Å². The number of carbonyl (C=O) groups is 1. The number of fused-ring (bicyclic) bond motifs is 1. The van der Waals surface area contributed by atoms with Crippen LogP contribution in [0, 0.1) is 23.2 Å². The van der Waals surface area contributed by atoms with Crippen LogP contribution in [0.4, 0.5) is 0 Å². The third kappa shape index (κ3) is 4.40. The van der Waals surface area contributed by atoms with Gasteiger partial charge in [-0.05, 0) is 49.9 Å². The molecule has 10 nitrogen and oxygen atoms in total. The lowest BCUT2D eigenvalue weighted by molar-refractivity contribution is -0.136. The van der Waals surface area contributed by atoms with Crippen LogP contribution in [-0.4, -0.2) is 57.3 Å². The van der Waals surface area contributed by atoms with Crippen LogP contribution < -0.4 is 4.74 Å². The zero-order chi connectivity index (χ0) is 27.2. The summed E-state index contributed by atoms with van der Waals surface area (Å²) in [5.74, 6) is -1.12. The average molecular weight is 558 g/mol. The highest BCUT2D eigenvalue weighted by Crippen LogP contribution is 2.50. The minimum atomic E-state index is -4.12. The molecule has 1 saturated carbocycles. The Morgan fingerprint density at radius 1 is 1.26 bits per heavy atom. The number of rotatable bonds is 8. The number of benzene rings is 1. The van der Waals surface area contributed by atoms with Crippen molar-refractivity contribution in [2.75, 3.05) is 6.61 Å². The second-order valence-corrected chi connectivity index (χ2v) is 12.1. The van der Waals surface area contributed by atoms with Crippen molar-refractivity contribution in [1.29, 1.82) is 5.26 Å². The summed E-state index contributed by atoms with van der Waals surface area (Å²) in [5, 5.41) is 25.5. The summed E-state index contributed by atoms with van der Waals surface area (Å²) in [6, 6.07) is 8.32. The van der Waals surface area contributed by atoms with Crippen LogP contribution >= 0.6 is 11.6 Å². The maximum Gasteiger partial charge on any atom is 0.309 e. The minimum Gasteiger partial charge on any atom is -0.481 e. The number of nitriles is 1. The first kappa shape index (κ1) is 26.4. The van der Waals surface area contributed by atoms with Crippen molar-refractivity contribution < 1.29 is 23.1 Å². The number of nitrogens with zero attached hydrogens (tertiary/aromatic N) is 5. The van der Waals surface area contributed by atoms with E-state index in [9.17, 15) is 23.6 Å². The summed E-state index contributed by atoms with van der Waals surface area (Å²) in [6.45, 7) is 4.06. The van der Waals surface area contributed by atoms with E-state index >= 15 is 0 Å². The van der Waals surface area contributed by atoms with E-state index in [1.165, 1.54) is 22.6 Å². The SMILES string of the molecule is CCOc1ccc(S(=O)(=O)N2C(C3CCC3)[C@H](n3nc(CC(=O)O)c4ccc(Cl)cc43)[C@H](C)[C@@H]2C#N)cn1. The molecule has 38 heavy (non-hydrogen) atoms. The van der Waals surface area contributed by atoms with Crippen LogP contribution in [0.1, 0.15) is 44.8 Å². The maximum atomic E-state index is 14.1. The van der Waals surface area contributed by atoms with Gasteiger partial charge in [0.25, 0.3) is 0 Å². The molecular weight excluding hydrogens is 530 g/mol. The molecule has 2 fully saturated rings. The Balaban J connectivity index is 1.66. The summed E-state index contributed by atoms with van der Waals surface area (Å²) >= 11 is 6.33. The standard InChI is InChI=1S/C26H28ClN5O5S/c1-3-37-23-10-8-18(14-29-23)38(35,36)32-22(13-28)15(2)25(26(32)16-5-4-6-16)31-21-11-17(27)7-9-19(21)20(30-31)12-24(33)34/h7-11,14-16,22,25-26H,3-6,12H2,1-2H3,(H,33,34)/t15-,22+,25-,26?/m1/s1. The second kappa shape index (κ2) is 10.2. The van der Waals surface area contributed by atoms with E-state index in [0.717, 1.165) is 19.3 Å². The van der Waals surface area contributed by atoms with Crippen molar-refractivity contribution in [3.05, 3.63) is 47.2 Å². The molecule has 1 aromatic carbocycles. The number of hydrogen-bond acceptors (Lipinski definition) is 7. The Kier molecular flexibility index (Phi) is 7.07. The number of halogens is 1. The van der Waals surface area contributed by atoms with Gasteiger partial charge in [0, 0.05) is 22.4 Å². The van der Waals surface area contributed by atoms with Crippen molar-refractivity contribution in [1.82, 2.24) is 19.1 Å². The largest absolute Gasteiger partial charge is 0.481 e. The van der Waals surface area contributed by atoms with E-state index in [-0.39, 0.29) is 17.2 Å². The fourth-order valence-electron chi connectivity index (χ4n) is 5.74. The highest BCUT2D eigenvalue weighted by Gasteiger charge is 2.57. The van der Waals surface area contributed by atoms with E-state index in [0.29, 0.717) is 34.1 Å². The highest BCUT2D eigenvalue weighted by molar-refractivity contribution is 7.89. The molecular formula is C26H28ClN5O5S. The molecule has 12 heteroatoms. The van der Waals surface area contributed by atoms with Gasteiger partial charge in [-0.15, -0.1) is 0 Å². The van der Waals surface area contributed by atoms with Gasteiger partial charge in [0.2, 0.25) is 15.9 Å². The molecule has 0 bridgehead atoms. The molecule has 1 N–H and O–H groups in total. The maximum absolute atomic E-state index is 14.1. The molecule has 1 aliphatic heterocycles. The molecule has 1 unspecified atom stereocenters. The number of pyridine rings is 1. The zero-order valence-electron chi connectivity index (χ0n) is 21.0. The number of carboxylic acids is 1. The minimum absolute atomic E-state index is 0.0155. The van der Waals surface area contributed by atoms with Gasteiger partial charge in [-0.2, -0.15) is 14.7 Å². The molecule has 0 radical (unpaired) electrons. The molecule has 1 saturated heterocycles. The zero-order valence-corrected chi connectivity index (χ0v) is 22.6. The van der Waals surface area contributed by atoms with Gasteiger partial charge in [-0.3, -0.25) is 9.48 Å². The Labute approximate surface area is 225 Å². The molecule has 1 aliphatic carbocycles.